The molecule has 0 unspecified atom stereocenters. The summed E-state index contributed by atoms with van der Waals surface area (Å²) in [5.74, 6) is 0.728. The van der Waals surface area contributed by atoms with Crippen molar-refractivity contribution >= 4 is 11.4 Å². The molecule has 2 rings (SSSR count). The molecule has 0 aliphatic carbocycles. The van der Waals surface area contributed by atoms with Gasteiger partial charge in [0, 0.05) is 12.6 Å². The Hall–Kier alpha value is -1.88. The first-order valence-corrected chi connectivity index (χ1v) is 7.69. The van der Waals surface area contributed by atoms with Gasteiger partial charge >= 0.3 is 0 Å². The summed E-state index contributed by atoms with van der Waals surface area (Å²) in [6, 6.07) is 3.71. The van der Waals surface area contributed by atoms with Gasteiger partial charge < -0.3 is 9.84 Å². The largest absolute Gasteiger partial charge is 0.490 e. The van der Waals surface area contributed by atoms with E-state index in [0.29, 0.717) is 48.7 Å². The molecule has 0 radical (unpaired) electrons. The summed E-state index contributed by atoms with van der Waals surface area (Å²) in [7, 11) is 0. The average molecular weight is 304 g/mol. The molecule has 2 aromatic rings. The summed E-state index contributed by atoms with van der Waals surface area (Å²) < 4.78 is 7.36. The summed E-state index contributed by atoms with van der Waals surface area (Å²) in [5, 5.41) is 9.74. The van der Waals surface area contributed by atoms with E-state index in [1.165, 1.54) is 0 Å². The number of ether oxygens (including phenoxy) is 1. The van der Waals surface area contributed by atoms with Crippen LogP contribution in [0.1, 0.15) is 56.2 Å². The summed E-state index contributed by atoms with van der Waals surface area (Å²) in [6.07, 6.45) is 3.48. The highest BCUT2D eigenvalue weighted by Crippen LogP contribution is 2.23. The van der Waals surface area contributed by atoms with Gasteiger partial charge in [0.2, 0.25) is 0 Å². The van der Waals surface area contributed by atoms with Crippen molar-refractivity contribution in [3.8, 4) is 5.75 Å². The minimum atomic E-state index is -0.739. The van der Waals surface area contributed by atoms with Crippen LogP contribution in [-0.2, 0) is 0 Å². The van der Waals surface area contributed by atoms with E-state index in [1.807, 2.05) is 32.2 Å². The van der Waals surface area contributed by atoms with E-state index in [-0.39, 0.29) is 5.78 Å². The van der Waals surface area contributed by atoms with Crippen molar-refractivity contribution in [3.63, 3.8) is 0 Å². The zero-order chi connectivity index (χ0) is 16.3. The van der Waals surface area contributed by atoms with Crippen LogP contribution in [-0.4, -0.2) is 32.5 Å². The molecule has 2 heterocycles. The monoisotopic (exact) mass is 304 g/mol. The number of imidazole rings is 1. The molecule has 120 valence electrons. The summed E-state index contributed by atoms with van der Waals surface area (Å²) in [4.78, 5) is 17.0. The van der Waals surface area contributed by atoms with E-state index in [2.05, 4.69) is 4.98 Å². The summed E-state index contributed by atoms with van der Waals surface area (Å²) in [5.41, 5.74) is 1.25. The number of Topliss-reactive ketones (excluding diaryl/α,β-unsaturated/α-hetero) is 1. The van der Waals surface area contributed by atoms with Crippen LogP contribution in [0.25, 0.3) is 5.65 Å². The third-order valence-electron chi connectivity index (χ3n) is 3.54. The molecule has 1 N–H and O–H groups in total. The van der Waals surface area contributed by atoms with Crippen molar-refractivity contribution in [2.75, 3.05) is 6.61 Å². The van der Waals surface area contributed by atoms with Crippen LogP contribution in [0.4, 0.5) is 0 Å². The first kappa shape index (κ1) is 16.5. The first-order valence-electron chi connectivity index (χ1n) is 7.69. The highest BCUT2D eigenvalue weighted by molar-refractivity contribution is 5.96. The number of pyridine rings is 1. The molecule has 0 saturated heterocycles. The predicted molar refractivity (Wildman–Crippen MR) is 85.6 cm³/mol. The van der Waals surface area contributed by atoms with Gasteiger partial charge in [-0.2, -0.15) is 0 Å². The van der Waals surface area contributed by atoms with E-state index in [1.54, 1.807) is 18.2 Å². The van der Waals surface area contributed by atoms with Gasteiger partial charge in [-0.3, -0.25) is 9.20 Å². The van der Waals surface area contributed by atoms with E-state index in [9.17, 15) is 9.90 Å². The van der Waals surface area contributed by atoms with Crippen molar-refractivity contribution in [3.05, 3.63) is 29.7 Å². The topological polar surface area (TPSA) is 63.8 Å². The predicted octanol–water partition coefficient (Wildman–Crippen LogP) is 3.17. The molecule has 0 amide bonds. The lowest BCUT2D eigenvalue weighted by Gasteiger charge is -2.16. The number of hydrogen-bond donors (Lipinski definition) is 1. The summed E-state index contributed by atoms with van der Waals surface area (Å²) in [6.45, 7) is 7.82. The van der Waals surface area contributed by atoms with Crippen molar-refractivity contribution < 1.29 is 14.6 Å². The van der Waals surface area contributed by atoms with E-state index < -0.39 is 5.60 Å². The number of rotatable bonds is 7. The number of carbonyl (C=O) groups excluding carboxylic acids is 1. The molecule has 0 aliphatic rings. The van der Waals surface area contributed by atoms with Crippen LogP contribution in [0.15, 0.2) is 18.3 Å². The van der Waals surface area contributed by atoms with Gasteiger partial charge in [-0.05, 0) is 52.7 Å². The smallest absolute Gasteiger partial charge is 0.181 e. The highest BCUT2D eigenvalue weighted by atomic mass is 16.5. The fourth-order valence-corrected chi connectivity index (χ4v) is 2.56. The lowest BCUT2D eigenvalue weighted by molar-refractivity contribution is 0.0670. The van der Waals surface area contributed by atoms with Gasteiger partial charge in [-0.25, -0.2) is 4.98 Å². The lowest BCUT2D eigenvalue weighted by atomic mass is 9.99. The van der Waals surface area contributed by atoms with Gasteiger partial charge in [-0.15, -0.1) is 0 Å². The van der Waals surface area contributed by atoms with Gasteiger partial charge in [0.05, 0.1) is 17.9 Å². The fourth-order valence-electron chi connectivity index (χ4n) is 2.56. The van der Waals surface area contributed by atoms with E-state index in [0.717, 1.165) is 0 Å². The van der Waals surface area contributed by atoms with Crippen molar-refractivity contribution in [2.45, 2.75) is 52.6 Å². The minimum absolute atomic E-state index is 0.0444. The Morgan fingerprint density at radius 3 is 2.82 bits per heavy atom. The van der Waals surface area contributed by atoms with Gasteiger partial charge in [0.25, 0.3) is 0 Å². The SMILES string of the molecule is CCOc1cccn2c(C(=O)CCCC(C)(C)O)c(C)nc12. The number of aromatic nitrogens is 2. The number of aryl methyl sites for hydroxylation is 1. The molecule has 0 atom stereocenters. The molecule has 2 aromatic heterocycles. The Morgan fingerprint density at radius 1 is 1.45 bits per heavy atom. The molecule has 0 spiro atoms. The van der Waals surface area contributed by atoms with Crippen molar-refractivity contribution in [2.24, 2.45) is 0 Å². The molecule has 0 aliphatic heterocycles. The van der Waals surface area contributed by atoms with Crippen LogP contribution in [0, 0.1) is 6.92 Å². The van der Waals surface area contributed by atoms with Crippen molar-refractivity contribution in [1.29, 1.82) is 0 Å². The molecule has 0 bridgehead atoms. The summed E-state index contributed by atoms with van der Waals surface area (Å²) >= 11 is 0. The number of hydrogen-bond acceptors (Lipinski definition) is 4. The molecule has 5 nitrogen and oxygen atoms in total. The maximum absolute atomic E-state index is 12.5. The minimum Gasteiger partial charge on any atom is -0.490 e. The molecule has 0 saturated carbocycles. The second-order valence-electron chi connectivity index (χ2n) is 6.13. The number of aliphatic hydroxyl groups is 1. The second kappa shape index (κ2) is 6.48. The zero-order valence-corrected chi connectivity index (χ0v) is 13.7. The quantitative estimate of drug-likeness (QED) is 0.798. The number of nitrogens with zero attached hydrogens (tertiary/aromatic N) is 2. The first-order chi connectivity index (χ1) is 10.3. The molecule has 22 heavy (non-hydrogen) atoms. The van der Waals surface area contributed by atoms with Crippen molar-refractivity contribution in [1.82, 2.24) is 9.38 Å². The maximum Gasteiger partial charge on any atom is 0.181 e. The van der Waals surface area contributed by atoms with E-state index in [4.69, 9.17) is 4.74 Å². The number of ketones is 1. The molecular formula is C17H24N2O3. The maximum atomic E-state index is 12.5. The molecule has 5 heteroatoms. The third-order valence-corrected chi connectivity index (χ3v) is 3.54. The van der Waals surface area contributed by atoms with Crippen LogP contribution in [0.2, 0.25) is 0 Å². The standard InChI is InChI=1S/C17H24N2O3/c1-5-22-14-9-7-11-19-15(12(2)18-16(14)19)13(20)8-6-10-17(3,4)21/h7,9,11,21H,5-6,8,10H2,1-4H3. The van der Waals surface area contributed by atoms with Gasteiger partial charge in [-0.1, -0.05) is 0 Å². The average Bonchev–Trinajstić information content (AvgIpc) is 2.74. The van der Waals surface area contributed by atoms with Crippen LogP contribution in [0.3, 0.4) is 0 Å². The van der Waals surface area contributed by atoms with E-state index >= 15 is 0 Å². The lowest BCUT2D eigenvalue weighted by Crippen LogP contribution is -2.18. The number of carbonyl (C=O) groups is 1. The zero-order valence-electron chi connectivity index (χ0n) is 13.7. The Morgan fingerprint density at radius 2 is 2.18 bits per heavy atom. The van der Waals surface area contributed by atoms with Crippen LogP contribution >= 0.6 is 0 Å². The fraction of sp³-hybridized carbons (Fsp3) is 0.529. The highest BCUT2D eigenvalue weighted by Gasteiger charge is 2.19. The van der Waals surface area contributed by atoms with Gasteiger partial charge in [0.15, 0.2) is 17.2 Å². The second-order valence-corrected chi connectivity index (χ2v) is 6.13. The Labute approximate surface area is 130 Å². The Balaban J connectivity index is 2.25. The normalized spacial score (nSPS) is 11.9. The third kappa shape index (κ3) is 3.65. The van der Waals surface area contributed by atoms with Crippen LogP contribution in [0.5, 0.6) is 5.75 Å². The molecule has 0 fully saturated rings. The Kier molecular flexibility index (Phi) is 4.86. The van der Waals surface area contributed by atoms with Gasteiger partial charge in [0.1, 0.15) is 5.69 Å². The molecule has 0 aromatic carbocycles. The number of fused-ring (bicyclic) bond motifs is 1. The van der Waals surface area contributed by atoms with Crippen LogP contribution < -0.4 is 4.74 Å². The molecular weight excluding hydrogens is 280 g/mol. The Bertz CT molecular complexity index is 668.